The van der Waals surface area contributed by atoms with Gasteiger partial charge in [-0.25, -0.2) is 4.39 Å². The average Bonchev–Trinajstić information content (AvgIpc) is 2.36. The summed E-state index contributed by atoms with van der Waals surface area (Å²) in [5.74, 6) is 6.14. The second kappa shape index (κ2) is 7.48. The fourth-order valence-electron chi connectivity index (χ4n) is 1.39. The maximum atomic E-state index is 12.7. The van der Waals surface area contributed by atoms with E-state index in [-0.39, 0.29) is 11.9 Å². The second-order valence-electron chi connectivity index (χ2n) is 3.94. The molecule has 0 aliphatic heterocycles. The van der Waals surface area contributed by atoms with Crippen LogP contribution in [0.1, 0.15) is 19.8 Å². The molecule has 1 unspecified atom stereocenters. The van der Waals surface area contributed by atoms with Gasteiger partial charge < -0.3 is 0 Å². The Morgan fingerprint density at radius 1 is 1.47 bits per heavy atom. The molecule has 1 aromatic rings. The van der Waals surface area contributed by atoms with Gasteiger partial charge in [-0.15, -0.1) is 11.8 Å². The van der Waals surface area contributed by atoms with Crippen LogP contribution >= 0.6 is 11.8 Å². The van der Waals surface area contributed by atoms with E-state index in [9.17, 15) is 4.39 Å². The van der Waals surface area contributed by atoms with Gasteiger partial charge in [-0.2, -0.15) is 0 Å². The van der Waals surface area contributed by atoms with Crippen LogP contribution in [-0.4, -0.2) is 11.8 Å². The Hall–Kier alpha value is -0.840. The molecule has 0 bridgehead atoms. The van der Waals surface area contributed by atoms with Gasteiger partial charge in [0.25, 0.3) is 0 Å². The molecule has 94 valence electrons. The van der Waals surface area contributed by atoms with E-state index >= 15 is 0 Å². The first kappa shape index (κ1) is 14.2. The number of hydrogen-bond donors (Lipinski definition) is 2. The van der Waals surface area contributed by atoms with Crippen molar-refractivity contribution in [2.24, 2.45) is 5.84 Å². The minimum absolute atomic E-state index is 0.206. The molecule has 1 rings (SSSR count). The monoisotopic (exact) mass is 254 g/mol. The van der Waals surface area contributed by atoms with Crippen LogP contribution in [-0.2, 0) is 0 Å². The van der Waals surface area contributed by atoms with E-state index in [1.807, 2.05) is 0 Å². The Bertz CT molecular complexity index is 351. The molecule has 0 amide bonds. The fraction of sp³-hybridized carbons (Fsp3) is 0.385. The Kier molecular flexibility index (Phi) is 6.26. The van der Waals surface area contributed by atoms with Crippen LogP contribution in [0.2, 0.25) is 0 Å². The summed E-state index contributed by atoms with van der Waals surface area (Å²) in [6.45, 7) is 6.06. The first-order valence-electron chi connectivity index (χ1n) is 5.66. The zero-order valence-electron chi connectivity index (χ0n) is 10.1. The van der Waals surface area contributed by atoms with Gasteiger partial charge in [-0.05, 0) is 37.1 Å². The Balaban J connectivity index is 2.42. The number of halogens is 1. The highest BCUT2D eigenvalue weighted by molar-refractivity contribution is 7.99. The summed E-state index contributed by atoms with van der Waals surface area (Å²) >= 11 is 1.66. The molecular weight excluding hydrogens is 235 g/mol. The number of hydrogen-bond acceptors (Lipinski definition) is 3. The van der Waals surface area contributed by atoms with Crippen LogP contribution in [0.5, 0.6) is 0 Å². The summed E-state index contributed by atoms with van der Waals surface area (Å²) in [4.78, 5) is 1.05. The molecule has 0 aromatic heterocycles. The Morgan fingerprint density at radius 3 is 2.65 bits per heavy atom. The maximum absolute atomic E-state index is 12.7. The van der Waals surface area contributed by atoms with Gasteiger partial charge in [0.15, 0.2) is 0 Å². The SMILES string of the molecule is C=C(CC)CC(CSc1ccc(F)cc1)NN. The van der Waals surface area contributed by atoms with Gasteiger partial charge in [-0.3, -0.25) is 11.3 Å². The highest BCUT2D eigenvalue weighted by Crippen LogP contribution is 2.20. The largest absolute Gasteiger partial charge is 0.271 e. The maximum Gasteiger partial charge on any atom is 0.123 e. The normalized spacial score (nSPS) is 12.4. The van der Waals surface area contributed by atoms with Crippen molar-refractivity contribution in [1.29, 1.82) is 0 Å². The number of nitrogens with one attached hydrogen (secondary N) is 1. The van der Waals surface area contributed by atoms with Crippen molar-refractivity contribution in [3.8, 4) is 0 Å². The number of benzene rings is 1. The van der Waals surface area contributed by atoms with Crippen LogP contribution in [0.3, 0.4) is 0 Å². The molecule has 0 saturated carbocycles. The van der Waals surface area contributed by atoms with E-state index in [1.165, 1.54) is 17.7 Å². The lowest BCUT2D eigenvalue weighted by atomic mass is 10.1. The zero-order chi connectivity index (χ0) is 12.7. The minimum atomic E-state index is -0.206. The molecule has 3 N–H and O–H groups in total. The Morgan fingerprint density at radius 2 is 2.12 bits per heavy atom. The minimum Gasteiger partial charge on any atom is -0.271 e. The van der Waals surface area contributed by atoms with Crippen LogP contribution < -0.4 is 11.3 Å². The fourth-order valence-corrected chi connectivity index (χ4v) is 2.32. The van der Waals surface area contributed by atoms with Gasteiger partial charge in [0.1, 0.15) is 5.82 Å². The summed E-state index contributed by atoms with van der Waals surface area (Å²) in [7, 11) is 0. The highest BCUT2D eigenvalue weighted by atomic mass is 32.2. The molecule has 1 atom stereocenters. The topological polar surface area (TPSA) is 38.0 Å². The number of thioether (sulfide) groups is 1. The molecule has 0 radical (unpaired) electrons. The van der Waals surface area contributed by atoms with E-state index in [0.717, 1.165) is 23.5 Å². The standard InChI is InChI=1S/C13H19FN2S/c1-3-10(2)8-12(16-15)9-17-13-6-4-11(14)5-7-13/h4-7,12,16H,2-3,8-9,15H2,1H3. The first-order chi connectivity index (χ1) is 8.15. The molecule has 0 aliphatic carbocycles. The molecular formula is C13H19FN2S. The van der Waals surface area contributed by atoms with E-state index in [4.69, 9.17) is 5.84 Å². The van der Waals surface area contributed by atoms with Crippen LogP contribution in [0.25, 0.3) is 0 Å². The van der Waals surface area contributed by atoms with Gasteiger partial charge >= 0.3 is 0 Å². The van der Waals surface area contributed by atoms with Crippen molar-refractivity contribution in [2.75, 3.05) is 5.75 Å². The van der Waals surface area contributed by atoms with Crippen LogP contribution in [0, 0.1) is 5.82 Å². The quantitative estimate of drug-likeness (QED) is 0.340. The van der Waals surface area contributed by atoms with Gasteiger partial charge in [0.2, 0.25) is 0 Å². The predicted molar refractivity (Wildman–Crippen MR) is 72.3 cm³/mol. The predicted octanol–water partition coefficient (Wildman–Crippen LogP) is 3.11. The van der Waals surface area contributed by atoms with Crippen molar-refractivity contribution in [3.63, 3.8) is 0 Å². The zero-order valence-corrected chi connectivity index (χ0v) is 10.9. The molecule has 1 aromatic carbocycles. The van der Waals surface area contributed by atoms with Crippen molar-refractivity contribution in [2.45, 2.75) is 30.7 Å². The smallest absolute Gasteiger partial charge is 0.123 e. The molecule has 2 nitrogen and oxygen atoms in total. The van der Waals surface area contributed by atoms with Gasteiger partial charge in [0.05, 0.1) is 0 Å². The lowest BCUT2D eigenvalue weighted by Crippen LogP contribution is -2.37. The van der Waals surface area contributed by atoms with E-state index in [0.29, 0.717) is 0 Å². The third-order valence-electron chi connectivity index (χ3n) is 2.54. The highest BCUT2D eigenvalue weighted by Gasteiger charge is 2.08. The summed E-state index contributed by atoms with van der Waals surface area (Å²) in [6.07, 6.45) is 1.85. The van der Waals surface area contributed by atoms with Crippen molar-refractivity contribution >= 4 is 11.8 Å². The molecule has 0 spiro atoms. The summed E-state index contributed by atoms with van der Waals surface area (Å²) in [5, 5.41) is 0. The summed E-state index contributed by atoms with van der Waals surface area (Å²) in [5.41, 5.74) is 3.98. The lowest BCUT2D eigenvalue weighted by Gasteiger charge is -2.16. The van der Waals surface area contributed by atoms with Gasteiger partial charge in [-0.1, -0.05) is 19.1 Å². The van der Waals surface area contributed by atoms with Crippen LogP contribution in [0.15, 0.2) is 41.3 Å². The third kappa shape index (κ3) is 5.35. The molecule has 0 fully saturated rings. The third-order valence-corrected chi connectivity index (χ3v) is 3.71. The van der Waals surface area contributed by atoms with E-state index in [2.05, 4.69) is 18.9 Å². The molecule has 0 aliphatic rings. The van der Waals surface area contributed by atoms with Crippen molar-refractivity contribution < 1.29 is 4.39 Å². The molecule has 0 heterocycles. The summed E-state index contributed by atoms with van der Waals surface area (Å²) < 4.78 is 12.7. The Labute approximate surface area is 106 Å². The molecule has 0 saturated heterocycles. The number of hydrazine groups is 1. The van der Waals surface area contributed by atoms with Crippen molar-refractivity contribution in [3.05, 3.63) is 42.2 Å². The first-order valence-corrected chi connectivity index (χ1v) is 6.65. The molecule has 17 heavy (non-hydrogen) atoms. The van der Waals surface area contributed by atoms with E-state index < -0.39 is 0 Å². The second-order valence-corrected chi connectivity index (χ2v) is 5.03. The molecule has 4 heteroatoms. The van der Waals surface area contributed by atoms with Gasteiger partial charge in [0, 0.05) is 16.7 Å². The van der Waals surface area contributed by atoms with Crippen LogP contribution in [0.4, 0.5) is 4.39 Å². The number of nitrogens with two attached hydrogens (primary N) is 1. The lowest BCUT2D eigenvalue weighted by molar-refractivity contribution is 0.568. The average molecular weight is 254 g/mol. The summed E-state index contributed by atoms with van der Waals surface area (Å²) in [6, 6.07) is 6.71. The van der Waals surface area contributed by atoms with Crippen molar-refractivity contribution in [1.82, 2.24) is 5.43 Å². The number of rotatable bonds is 7. The van der Waals surface area contributed by atoms with E-state index in [1.54, 1.807) is 23.9 Å².